The van der Waals surface area contributed by atoms with E-state index in [1.807, 2.05) is 66.7 Å². The molecule has 0 aromatic heterocycles. The van der Waals surface area contributed by atoms with Crippen LogP contribution in [0.3, 0.4) is 0 Å². The maximum absolute atomic E-state index is 10.7. The molecule has 0 N–H and O–H groups in total. The van der Waals surface area contributed by atoms with E-state index in [9.17, 15) is 4.79 Å². The molecule has 0 amide bonds. The lowest BCUT2D eigenvalue weighted by atomic mass is 9.95. The maximum Gasteiger partial charge on any atom is 0.128 e. The Kier molecular flexibility index (Phi) is 3.32. The summed E-state index contributed by atoms with van der Waals surface area (Å²) in [4.78, 5) is 10.7. The molecule has 1 unspecified atom stereocenters. The van der Waals surface area contributed by atoms with Crippen molar-refractivity contribution in [3.8, 4) is 0 Å². The molecular formula is C15H12O. The van der Waals surface area contributed by atoms with E-state index in [-0.39, 0.29) is 5.92 Å². The summed E-state index contributed by atoms with van der Waals surface area (Å²) < 4.78 is 0. The van der Waals surface area contributed by atoms with Crippen molar-refractivity contribution in [3.05, 3.63) is 71.8 Å². The molecule has 1 aliphatic rings. The molecule has 1 heteroatoms. The Bertz CT molecular complexity index is 485. The minimum Gasteiger partial charge on any atom is -0.233 e. The van der Waals surface area contributed by atoms with Crippen LogP contribution >= 0.6 is 0 Å². The normalized spacial score (nSPS) is 19.0. The van der Waals surface area contributed by atoms with Gasteiger partial charge in [0.15, 0.2) is 0 Å². The van der Waals surface area contributed by atoms with Crippen molar-refractivity contribution in [3.63, 3.8) is 0 Å². The second-order valence-corrected chi connectivity index (χ2v) is 3.60. The van der Waals surface area contributed by atoms with Gasteiger partial charge in [0.2, 0.25) is 0 Å². The zero-order chi connectivity index (χ0) is 11.2. The topological polar surface area (TPSA) is 17.1 Å². The molecule has 0 spiro atoms. The average Bonchev–Trinajstić information content (AvgIpc) is 2.38. The predicted octanol–water partition coefficient (Wildman–Crippen LogP) is 3.20. The molecule has 0 radical (unpaired) electrons. The minimum absolute atomic E-state index is 0.0442. The van der Waals surface area contributed by atoms with E-state index in [2.05, 4.69) is 0 Å². The summed E-state index contributed by atoms with van der Waals surface area (Å²) in [7, 11) is 0. The maximum atomic E-state index is 10.7. The van der Waals surface area contributed by atoms with Crippen LogP contribution in [-0.2, 0) is 4.79 Å². The zero-order valence-corrected chi connectivity index (χ0v) is 8.84. The van der Waals surface area contributed by atoms with Crippen LogP contribution in [0.2, 0.25) is 0 Å². The van der Waals surface area contributed by atoms with Gasteiger partial charge in [0, 0.05) is 11.5 Å². The lowest BCUT2D eigenvalue weighted by Crippen LogP contribution is -1.98. The highest BCUT2D eigenvalue weighted by atomic mass is 16.1. The number of rotatable bonds is 2. The molecule has 1 aromatic carbocycles. The van der Waals surface area contributed by atoms with Gasteiger partial charge in [-0.2, -0.15) is 0 Å². The largest absolute Gasteiger partial charge is 0.233 e. The molecule has 0 saturated carbocycles. The Morgan fingerprint density at radius 1 is 1.12 bits per heavy atom. The van der Waals surface area contributed by atoms with Crippen LogP contribution in [0.4, 0.5) is 0 Å². The third kappa shape index (κ3) is 2.47. The molecule has 1 nitrogen and oxygen atoms in total. The van der Waals surface area contributed by atoms with Gasteiger partial charge in [-0.3, -0.25) is 0 Å². The van der Waals surface area contributed by atoms with Crippen LogP contribution in [0.25, 0.3) is 6.08 Å². The van der Waals surface area contributed by atoms with Gasteiger partial charge in [0.25, 0.3) is 0 Å². The lowest BCUT2D eigenvalue weighted by Gasteiger charge is -2.08. The smallest absolute Gasteiger partial charge is 0.128 e. The van der Waals surface area contributed by atoms with Crippen molar-refractivity contribution < 1.29 is 4.79 Å². The van der Waals surface area contributed by atoms with Gasteiger partial charge < -0.3 is 0 Å². The van der Waals surface area contributed by atoms with Gasteiger partial charge in [-0.05, 0) is 11.6 Å². The zero-order valence-electron chi connectivity index (χ0n) is 8.84. The fraction of sp³-hybridized carbons (Fsp3) is 0.0667. The molecule has 1 aliphatic carbocycles. The molecule has 0 heterocycles. The number of hydrogen-bond acceptors (Lipinski definition) is 1. The summed E-state index contributed by atoms with van der Waals surface area (Å²) in [5.41, 5.74) is 1.81. The molecule has 0 aliphatic heterocycles. The third-order valence-corrected chi connectivity index (χ3v) is 2.48. The fourth-order valence-corrected chi connectivity index (χ4v) is 1.61. The van der Waals surface area contributed by atoms with Crippen LogP contribution in [0, 0.1) is 5.92 Å². The van der Waals surface area contributed by atoms with Crippen molar-refractivity contribution >= 4 is 12.0 Å². The van der Waals surface area contributed by atoms with Gasteiger partial charge in [-0.15, -0.1) is 0 Å². The predicted molar refractivity (Wildman–Crippen MR) is 66.5 cm³/mol. The van der Waals surface area contributed by atoms with Crippen molar-refractivity contribution in [2.24, 2.45) is 5.92 Å². The van der Waals surface area contributed by atoms with Gasteiger partial charge >= 0.3 is 0 Å². The summed E-state index contributed by atoms with van der Waals surface area (Å²) in [5.74, 6) is 2.01. The van der Waals surface area contributed by atoms with Crippen molar-refractivity contribution in [2.45, 2.75) is 0 Å². The molecular weight excluding hydrogens is 196 g/mol. The first kappa shape index (κ1) is 10.4. The van der Waals surface area contributed by atoms with E-state index in [0.717, 1.165) is 5.56 Å². The van der Waals surface area contributed by atoms with E-state index in [4.69, 9.17) is 0 Å². The van der Waals surface area contributed by atoms with Gasteiger partial charge in [-0.25, -0.2) is 4.79 Å². The van der Waals surface area contributed by atoms with Crippen molar-refractivity contribution in [1.29, 1.82) is 0 Å². The van der Waals surface area contributed by atoms with E-state index in [1.165, 1.54) is 0 Å². The first-order valence-electron chi connectivity index (χ1n) is 5.23. The standard InChI is InChI=1S/C15H12O/c16-12-15-9-5-4-8-14(15)11-10-13-6-2-1-3-7-13/h1-11,14H. The molecule has 0 fully saturated rings. The number of allylic oxidation sites excluding steroid dienone is 6. The summed E-state index contributed by atoms with van der Waals surface area (Å²) in [6, 6.07) is 10.0. The molecule has 16 heavy (non-hydrogen) atoms. The Labute approximate surface area is 95.1 Å². The Morgan fingerprint density at radius 3 is 2.69 bits per heavy atom. The monoisotopic (exact) mass is 208 g/mol. The SMILES string of the molecule is O=C=C1C=CC=CC1C=Cc1ccccc1. The van der Waals surface area contributed by atoms with Gasteiger partial charge in [0.1, 0.15) is 5.94 Å². The van der Waals surface area contributed by atoms with E-state index in [1.54, 1.807) is 6.08 Å². The minimum atomic E-state index is 0.0442. The first-order chi connectivity index (χ1) is 7.90. The molecule has 78 valence electrons. The number of hydrogen-bond donors (Lipinski definition) is 0. The van der Waals surface area contributed by atoms with Gasteiger partial charge in [-0.1, -0.05) is 60.7 Å². The van der Waals surface area contributed by atoms with Crippen LogP contribution in [-0.4, -0.2) is 5.94 Å². The van der Waals surface area contributed by atoms with Crippen molar-refractivity contribution in [2.75, 3.05) is 0 Å². The van der Waals surface area contributed by atoms with E-state index >= 15 is 0 Å². The van der Waals surface area contributed by atoms with E-state index in [0.29, 0.717) is 5.57 Å². The summed E-state index contributed by atoms with van der Waals surface area (Å²) in [6.07, 6.45) is 11.6. The second-order valence-electron chi connectivity index (χ2n) is 3.60. The van der Waals surface area contributed by atoms with E-state index < -0.39 is 0 Å². The second kappa shape index (κ2) is 5.11. The Balaban J connectivity index is 2.16. The number of carbonyl (C=O) groups excluding carboxylic acids is 1. The van der Waals surface area contributed by atoms with Crippen molar-refractivity contribution in [1.82, 2.24) is 0 Å². The molecule has 0 saturated heterocycles. The first-order valence-corrected chi connectivity index (χ1v) is 5.23. The lowest BCUT2D eigenvalue weighted by molar-refractivity contribution is 0.566. The van der Waals surface area contributed by atoms with Crippen LogP contribution in [0.15, 0.2) is 66.3 Å². The Morgan fingerprint density at radius 2 is 1.94 bits per heavy atom. The van der Waals surface area contributed by atoms with Gasteiger partial charge in [0.05, 0.1) is 0 Å². The Hall–Kier alpha value is -2.11. The third-order valence-electron chi connectivity index (χ3n) is 2.48. The molecule has 1 aromatic rings. The quantitative estimate of drug-likeness (QED) is 0.682. The molecule has 1 atom stereocenters. The van der Waals surface area contributed by atoms with Crippen LogP contribution < -0.4 is 0 Å². The summed E-state index contributed by atoms with van der Waals surface area (Å²) >= 11 is 0. The highest BCUT2D eigenvalue weighted by molar-refractivity contribution is 5.63. The highest BCUT2D eigenvalue weighted by Gasteiger charge is 2.07. The van der Waals surface area contributed by atoms with Crippen LogP contribution in [0.5, 0.6) is 0 Å². The van der Waals surface area contributed by atoms with Crippen LogP contribution in [0.1, 0.15) is 5.56 Å². The average molecular weight is 208 g/mol. The summed E-state index contributed by atoms with van der Waals surface area (Å²) in [6.45, 7) is 0. The molecule has 0 bridgehead atoms. The molecule has 2 rings (SSSR count). The summed E-state index contributed by atoms with van der Waals surface area (Å²) in [5, 5.41) is 0. The highest BCUT2D eigenvalue weighted by Crippen LogP contribution is 2.18. The fourth-order valence-electron chi connectivity index (χ4n) is 1.61. The number of benzene rings is 1.